The molecule has 0 spiro atoms. The van der Waals surface area contributed by atoms with E-state index in [1.165, 1.54) is 4.57 Å². The number of nitrogen functional groups attached to an aromatic ring is 1. The Morgan fingerprint density at radius 2 is 2.18 bits per heavy atom. The fraction of sp³-hybridized carbons (Fsp3) is 0.583. The number of anilines is 1. The molecular weight excluding hydrogens is 403 g/mol. The average Bonchev–Trinajstić information content (AvgIpc) is 3.14. The molecule has 0 saturated carbocycles. The number of ether oxygens (including phenoxy) is 1. The summed E-state index contributed by atoms with van der Waals surface area (Å²) in [7, 11) is -5.07. The first-order valence-electron chi connectivity index (χ1n) is 7.91. The van der Waals surface area contributed by atoms with Gasteiger partial charge in [-0.25, -0.2) is 15.4 Å². The van der Waals surface area contributed by atoms with E-state index in [2.05, 4.69) is 24.3 Å². The first kappa shape index (κ1) is 20.8. The van der Waals surface area contributed by atoms with Crippen LogP contribution in [0.4, 0.5) is 5.95 Å². The van der Waals surface area contributed by atoms with Crippen LogP contribution in [-0.4, -0.2) is 64.1 Å². The third-order valence-electron chi connectivity index (χ3n) is 4.45. The number of phosphoric acid groups is 1. The van der Waals surface area contributed by atoms with Gasteiger partial charge in [-0.2, -0.15) is 4.98 Å². The summed E-state index contributed by atoms with van der Waals surface area (Å²) in [4.78, 5) is 44.5. The Morgan fingerprint density at radius 1 is 1.50 bits per heavy atom. The molecule has 3 heterocycles. The molecule has 0 aliphatic carbocycles. The van der Waals surface area contributed by atoms with Gasteiger partial charge in [-0.15, -0.1) is 0 Å². The van der Waals surface area contributed by atoms with Crippen LogP contribution in [0.15, 0.2) is 11.1 Å². The number of aliphatic hydroxyl groups excluding tert-OH is 2. The summed E-state index contributed by atoms with van der Waals surface area (Å²) < 4.78 is 22.4. The minimum Gasteiger partial charge on any atom is -0.387 e. The van der Waals surface area contributed by atoms with Gasteiger partial charge in [0.05, 0.1) is 6.33 Å². The van der Waals surface area contributed by atoms with Crippen molar-refractivity contribution in [1.29, 1.82) is 0 Å². The third-order valence-corrected chi connectivity index (χ3v) is 4.93. The molecular formula is C12H19N6O9P. The van der Waals surface area contributed by atoms with Gasteiger partial charge < -0.3 is 30.5 Å². The predicted molar refractivity (Wildman–Crippen MR) is 89.9 cm³/mol. The van der Waals surface area contributed by atoms with Gasteiger partial charge in [0, 0.05) is 0 Å². The minimum atomic E-state index is -5.07. The number of nitrogens with two attached hydrogens (primary N) is 2. The molecule has 28 heavy (non-hydrogen) atoms. The van der Waals surface area contributed by atoms with Crippen LogP contribution in [0.3, 0.4) is 0 Å². The quantitative estimate of drug-likeness (QED) is 0.142. The fourth-order valence-electron chi connectivity index (χ4n) is 3.20. The Hall–Kier alpha value is -1.94. The molecule has 3 rings (SSSR count). The molecule has 2 aromatic heterocycles. The van der Waals surface area contributed by atoms with E-state index in [0.29, 0.717) is 0 Å². The van der Waals surface area contributed by atoms with E-state index >= 15 is 0 Å². The monoisotopic (exact) mass is 422 g/mol. The number of H-pyrrole nitrogens is 1. The highest BCUT2D eigenvalue weighted by Gasteiger charge is 2.58. The molecule has 16 heteroatoms. The molecule has 0 radical (unpaired) electrons. The molecule has 5 atom stereocenters. The van der Waals surface area contributed by atoms with Gasteiger partial charge in [-0.3, -0.25) is 23.7 Å². The molecule has 1 fully saturated rings. The second kappa shape index (κ2) is 7.14. The van der Waals surface area contributed by atoms with Crippen molar-refractivity contribution in [1.82, 2.24) is 19.5 Å². The van der Waals surface area contributed by atoms with Crippen molar-refractivity contribution < 1.29 is 38.7 Å². The molecule has 15 nitrogen and oxygen atoms in total. The number of hydrogen-bond acceptors (Lipinski definition) is 11. The Balaban J connectivity index is 2.09. The number of hydrogen-bond donors (Lipinski definition) is 7. The van der Waals surface area contributed by atoms with Crippen LogP contribution in [-0.2, 0) is 24.4 Å². The van der Waals surface area contributed by atoms with Crippen LogP contribution >= 0.6 is 7.82 Å². The van der Waals surface area contributed by atoms with Gasteiger partial charge in [0.25, 0.3) is 5.56 Å². The lowest BCUT2D eigenvalue weighted by Crippen LogP contribution is -2.45. The third kappa shape index (κ3) is 3.32. The number of imidazole rings is 1. The number of aliphatic hydroxyl groups is 2. The zero-order chi connectivity index (χ0) is 20.9. The number of phosphoric ester groups is 1. The SMILES string of the molecule is CC[C@@]1(n2cnc3c(=O)[nH]c(N)nc32)O[C@H](C(ON)OP(=O)(O)O)[C@@H](O)[C@H]1O. The van der Waals surface area contributed by atoms with Crippen molar-refractivity contribution in [3.8, 4) is 0 Å². The van der Waals surface area contributed by atoms with E-state index in [0.717, 1.165) is 6.33 Å². The molecule has 1 saturated heterocycles. The molecule has 9 N–H and O–H groups in total. The van der Waals surface area contributed by atoms with E-state index in [1.54, 1.807) is 6.92 Å². The van der Waals surface area contributed by atoms with E-state index in [4.69, 9.17) is 26.2 Å². The lowest BCUT2D eigenvalue weighted by Gasteiger charge is -2.33. The summed E-state index contributed by atoms with van der Waals surface area (Å²) in [6.45, 7) is 1.59. The summed E-state index contributed by atoms with van der Waals surface area (Å²) in [6.07, 6.45) is -5.78. The summed E-state index contributed by atoms with van der Waals surface area (Å²) in [6, 6.07) is 0. The number of rotatable bonds is 6. The highest BCUT2D eigenvalue weighted by atomic mass is 31.2. The highest BCUT2D eigenvalue weighted by molar-refractivity contribution is 7.46. The molecule has 1 aliphatic heterocycles. The number of aromatic nitrogens is 4. The lowest BCUT2D eigenvalue weighted by molar-refractivity contribution is -0.216. The maximum Gasteiger partial charge on any atom is 0.472 e. The number of fused-ring (bicyclic) bond motifs is 1. The maximum atomic E-state index is 12.0. The Kier molecular flexibility index (Phi) is 5.30. The molecule has 0 bridgehead atoms. The first-order chi connectivity index (χ1) is 13.0. The van der Waals surface area contributed by atoms with E-state index in [-0.39, 0.29) is 23.5 Å². The topological polar surface area (TPSA) is 241 Å². The minimum absolute atomic E-state index is 0.00870. The van der Waals surface area contributed by atoms with E-state index in [1.807, 2.05) is 0 Å². The molecule has 1 aliphatic rings. The summed E-state index contributed by atoms with van der Waals surface area (Å²) in [5.41, 5.74) is 3.03. The van der Waals surface area contributed by atoms with Gasteiger partial charge in [-0.05, 0) is 6.42 Å². The van der Waals surface area contributed by atoms with Gasteiger partial charge >= 0.3 is 7.82 Å². The molecule has 1 unspecified atom stereocenters. The van der Waals surface area contributed by atoms with Crippen molar-refractivity contribution >= 4 is 24.9 Å². The second-order valence-electron chi connectivity index (χ2n) is 6.05. The smallest absolute Gasteiger partial charge is 0.387 e. The van der Waals surface area contributed by atoms with Crippen LogP contribution in [0.5, 0.6) is 0 Å². The maximum absolute atomic E-state index is 12.0. The zero-order valence-electron chi connectivity index (χ0n) is 14.4. The van der Waals surface area contributed by atoms with Crippen LogP contribution in [0.2, 0.25) is 0 Å². The molecule has 2 aromatic rings. The Labute approximate surface area is 156 Å². The van der Waals surface area contributed by atoms with Crippen LogP contribution < -0.4 is 17.2 Å². The number of nitrogens with one attached hydrogen (secondary N) is 1. The first-order valence-corrected chi connectivity index (χ1v) is 9.44. The largest absolute Gasteiger partial charge is 0.472 e. The predicted octanol–water partition coefficient (Wildman–Crippen LogP) is -2.79. The normalized spacial score (nSPS) is 29.4. The van der Waals surface area contributed by atoms with Gasteiger partial charge in [0.1, 0.15) is 18.3 Å². The number of aromatic amines is 1. The lowest BCUT2D eigenvalue weighted by atomic mass is 9.99. The number of nitrogens with zero attached hydrogens (tertiary/aromatic N) is 3. The molecule has 0 aromatic carbocycles. The fourth-order valence-corrected chi connectivity index (χ4v) is 3.64. The Morgan fingerprint density at radius 3 is 2.75 bits per heavy atom. The van der Waals surface area contributed by atoms with Crippen molar-refractivity contribution in [3.63, 3.8) is 0 Å². The van der Waals surface area contributed by atoms with E-state index < -0.39 is 43.7 Å². The second-order valence-corrected chi connectivity index (χ2v) is 7.25. The summed E-state index contributed by atoms with van der Waals surface area (Å²) in [5.74, 6) is 4.79. The molecule has 0 amide bonds. The van der Waals surface area contributed by atoms with Gasteiger partial charge in [0.2, 0.25) is 12.2 Å². The summed E-state index contributed by atoms with van der Waals surface area (Å²) >= 11 is 0. The Bertz CT molecular complexity index is 974. The van der Waals surface area contributed by atoms with Crippen LogP contribution in [0.25, 0.3) is 11.2 Å². The standard InChI is InChI=1S/C12H19N6O9P/c1-2-12(18-3-15-4-8(18)16-11(13)17-9(4)21)7(20)5(19)6(25-12)10(26-14)27-28(22,23)24/h3,5-7,10,19-20H,2,14H2,1H3,(H2,22,23,24)(H3,13,16,17,21)/t5-,6+,7-,10?,12-/m1/s1. The summed E-state index contributed by atoms with van der Waals surface area (Å²) in [5, 5.41) is 21.1. The van der Waals surface area contributed by atoms with Crippen molar-refractivity contribution in [2.24, 2.45) is 5.90 Å². The van der Waals surface area contributed by atoms with Crippen LogP contribution in [0.1, 0.15) is 13.3 Å². The average molecular weight is 422 g/mol. The van der Waals surface area contributed by atoms with Gasteiger partial charge in [-0.1, -0.05) is 6.92 Å². The van der Waals surface area contributed by atoms with Crippen molar-refractivity contribution in [3.05, 3.63) is 16.7 Å². The highest BCUT2D eigenvalue weighted by Crippen LogP contribution is 2.45. The van der Waals surface area contributed by atoms with Gasteiger partial charge in [0.15, 0.2) is 16.9 Å². The molecule has 156 valence electrons. The van der Waals surface area contributed by atoms with Crippen molar-refractivity contribution in [2.75, 3.05) is 5.73 Å². The van der Waals surface area contributed by atoms with Crippen molar-refractivity contribution in [2.45, 2.75) is 43.7 Å². The van der Waals surface area contributed by atoms with E-state index in [9.17, 15) is 19.6 Å². The zero-order valence-corrected chi connectivity index (χ0v) is 15.3. The van der Waals surface area contributed by atoms with Crippen LogP contribution in [0, 0.1) is 0 Å².